The molecule has 1 rings (SSSR count). The van der Waals surface area contributed by atoms with E-state index in [9.17, 15) is 4.79 Å². The maximum atomic E-state index is 12.0. The number of methoxy groups -OCH3 is 1. The van der Waals surface area contributed by atoms with Crippen molar-refractivity contribution >= 4 is 39.7 Å². The molecule has 1 aromatic rings. The number of likely N-dealkylation sites (N-methyl/N-ethyl adjacent to an activating group) is 1. The van der Waals surface area contributed by atoms with Gasteiger partial charge in [-0.2, -0.15) is 0 Å². The number of anilines is 2. The van der Waals surface area contributed by atoms with Gasteiger partial charge in [-0.1, -0.05) is 0 Å². The van der Waals surface area contributed by atoms with Crippen LogP contribution in [-0.2, 0) is 4.74 Å². The Balaban J connectivity index is 3.11. The Hall–Kier alpha value is -0.920. The maximum Gasteiger partial charge on any atom is 0.263 e. The van der Waals surface area contributed by atoms with Gasteiger partial charge >= 0.3 is 0 Å². The van der Waals surface area contributed by atoms with Gasteiger partial charge in [0.1, 0.15) is 9.88 Å². The topological polar surface area (TPSA) is 67.6 Å². The molecule has 0 aliphatic heterocycles. The summed E-state index contributed by atoms with van der Waals surface area (Å²) in [6.45, 7) is 6.87. The zero-order valence-corrected chi connectivity index (χ0v) is 14.1. The molecule has 0 saturated carbocycles. The number of hydrogen-bond donors (Lipinski definition) is 2. The van der Waals surface area contributed by atoms with E-state index in [-0.39, 0.29) is 5.91 Å². The van der Waals surface area contributed by atoms with E-state index in [4.69, 9.17) is 10.5 Å². The Morgan fingerprint density at radius 2 is 2.20 bits per heavy atom. The van der Waals surface area contributed by atoms with Crippen molar-refractivity contribution in [2.24, 2.45) is 0 Å². The monoisotopic (exact) mass is 317 g/mol. The van der Waals surface area contributed by atoms with Crippen molar-refractivity contribution in [1.29, 1.82) is 0 Å². The highest BCUT2D eigenvalue weighted by atomic mass is 32.2. The Labute approximate surface area is 128 Å². The first-order valence-electron chi connectivity index (χ1n) is 6.58. The summed E-state index contributed by atoms with van der Waals surface area (Å²) in [5, 5.41) is 3.86. The number of hydrogen-bond acceptors (Lipinski definition) is 6. The summed E-state index contributed by atoms with van der Waals surface area (Å²) in [6.07, 6.45) is 1.98. The van der Waals surface area contributed by atoms with Crippen LogP contribution in [0.25, 0.3) is 0 Å². The molecule has 1 aromatic heterocycles. The minimum atomic E-state index is -0.0978. The van der Waals surface area contributed by atoms with Crippen LogP contribution < -0.4 is 16.0 Å². The fourth-order valence-corrected chi connectivity index (χ4v) is 4.02. The highest BCUT2D eigenvalue weighted by molar-refractivity contribution is 7.99. The second-order valence-electron chi connectivity index (χ2n) is 4.12. The van der Waals surface area contributed by atoms with E-state index in [1.54, 1.807) is 18.9 Å². The molecule has 0 aromatic carbocycles. The van der Waals surface area contributed by atoms with Gasteiger partial charge in [0.25, 0.3) is 5.91 Å². The number of nitrogens with two attached hydrogens (primary N) is 1. The van der Waals surface area contributed by atoms with E-state index in [0.29, 0.717) is 23.7 Å². The summed E-state index contributed by atoms with van der Waals surface area (Å²) in [5.74, 6) is -0.0978. The highest BCUT2D eigenvalue weighted by Gasteiger charge is 2.23. The Morgan fingerprint density at radius 3 is 2.70 bits per heavy atom. The van der Waals surface area contributed by atoms with E-state index >= 15 is 0 Å². The Kier molecular flexibility index (Phi) is 7.18. The van der Waals surface area contributed by atoms with E-state index in [1.165, 1.54) is 11.3 Å². The summed E-state index contributed by atoms with van der Waals surface area (Å²) in [5.41, 5.74) is 6.72. The Morgan fingerprint density at radius 1 is 1.50 bits per heavy atom. The molecular weight excluding hydrogens is 294 g/mol. The second-order valence-corrected chi connectivity index (χ2v) is 5.93. The number of rotatable bonds is 8. The molecule has 0 fully saturated rings. The molecule has 0 spiro atoms. The number of carbonyl (C=O) groups excluding carboxylic acids is 1. The first-order chi connectivity index (χ1) is 9.60. The van der Waals surface area contributed by atoms with Crippen LogP contribution in [0, 0.1) is 0 Å². The highest BCUT2D eigenvalue weighted by Crippen LogP contribution is 2.43. The molecule has 5 nitrogen and oxygen atoms in total. The zero-order valence-electron chi connectivity index (χ0n) is 12.5. The van der Waals surface area contributed by atoms with Crippen LogP contribution in [0.15, 0.2) is 4.90 Å². The fraction of sp³-hybridized carbons (Fsp3) is 0.615. The van der Waals surface area contributed by atoms with Crippen molar-refractivity contribution in [2.75, 3.05) is 50.2 Å². The third-order valence-corrected chi connectivity index (χ3v) is 5.08. The lowest BCUT2D eigenvalue weighted by molar-refractivity contribution is 0.0960. The van der Waals surface area contributed by atoms with Crippen LogP contribution in [-0.4, -0.2) is 45.5 Å². The number of thiophene rings is 1. The van der Waals surface area contributed by atoms with Crippen molar-refractivity contribution < 1.29 is 9.53 Å². The average Bonchev–Trinajstić information content (AvgIpc) is 2.77. The fourth-order valence-electron chi connectivity index (χ4n) is 1.84. The largest absolute Gasteiger partial charge is 0.396 e. The standard InChI is InChI=1S/C13H23N3O2S2/c1-5-15-12(17)10-9(14)11(19-4)13(20-10)16(6-2)7-8-18-3/h5-8,14H2,1-4H3,(H,15,17). The summed E-state index contributed by atoms with van der Waals surface area (Å²) >= 11 is 3.03. The first-order valence-corrected chi connectivity index (χ1v) is 8.63. The number of amides is 1. The van der Waals surface area contributed by atoms with Gasteiger partial charge in [-0.25, -0.2) is 0 Å². The summed E-state index contributed by atoms with van der Waals surface area (Å²) in [7, 11) is 1.69. The van der Waals surface area contributed by atoms with Crippen molar-refractivity contribution in [1.82, 2.24) is 5.32 Å². The van der Waals surface area contributed by atoms with Gasteiger partial charge in [-0.3, -0.25) is 4.79 Å². The molecule has 0 radical (unpaired) electrons. The summed E-state index contributed by atoms with van der Waals surface area (Å²) in [4.78, 5) is 15.8. The van der Waals surface area contributed by atoms with Crippen molar-refractivity contribution in [2.45, 2.75) is 18.7 Å². The van der Waals surface area contributed by atoms with Crippen LogP contribution in [0.5, 0.6) is 0 Å². The van der Waals surface area contributed by atoms with Gasteiger partial charge in [-0.15, -0.1) is 23.1 Å². The molecule has 0 bridgehead atoms. The minimum Gasteiger partial charge on any atom is -0.396 e. The molecule has 1 heterocycles. The minimum absolute atomic E-state index is 0.0978. The number of nitrogens with one attached hydrogen (secondary N) is 1. The molecule has 20 heavy (non-hydrogen) atoms. The zero-order chi connectivity index (χ0) is 15.1. The summed E-state index contributed by atoms with van der Waals surface area (Å²) in [6, 6.07) is 0. The van der Waals surface area contributed by atoms with E-state index < -0.39 is 0 Å². The molecule has 0 unspecified atom stereocenters. The van der Waals surface area contributed by atoms with Gasteiger partial charge in [0.2, 0.25) is 0 Å². The number of thioether (sulfide) groups is 1. The SMILES string of the molecule is CCNC(=O)c1sc(N(CC)CCOC)c(SC)c1N. The molecule has 7 heteroatoms. The predicted molar refractivity (Wildman–Crippen MR) is 88.3 cm³/mol. The number of nitrogens with zero attached hydrogens (tertiary/aromatic N) is 1. The molecule has 3 N–H and O–H groups in total. The second kappa shape index (κ2) is 8.39. The number of nitrogen functional groups attached to an aromatic ring is 1. The molecular formula is C13H23N3O2S2. The van der Waals surface area contributed by atoms with Crippen LogP contribution >= 0.6 is 23.1 Å². The predicted octanol–water partition coefficient (Wildman–Crippen LogP) is 2.27. The third-order valence-electron chi connectivity index (χ3n) is 2.86. The van der Waals surface area contributed by atoms with Gasteiger partial charge in [-0.05, 0) is 20.1 Å². The van der Waals surface area contributed by atoms with Gasteiger partial charge < -0.3 is 20.7 Å². The van der Waals surface area contributed by atoms with Gasteiger partial charge in [0.15, 0.2) is 0 Å². The number of carbonyl (C=O) groups is 1. The lowest BCUT2D eigenvalue weighted by atomic mass is 10.3. The smallest absolute Gasteiger partial charge is 0.263 e. The van der Waals surface area contributed by atoms with Crippen LogP contribution in [0.1, 0.15) is 23.5 Å². The van der Waals surface area contributed by atoms with E-state index in [2.05, 4.69) is 17.1 Å². The molecule has 1 amide bonds. The van der Waals surface area contributed by atoms with E-state index in [1.807, 2.05) is 13.2 Å². The van der Waals surface area contributed by atoms with Crippen LogP contribution in [0.2, 0.25) is 0 Å². The molecule has 0 aliphatic rings. The molecule has 0 atom stereocenters. The molecule has 0 aliphatic carbocycles. The first kappa shape index (κ1) is 17.1. The van der Waals surface area contributed by atoms with Gasteiger partial charge in [0, 0.05) is 26.7 Å². The number of ether oxygens (including phenoxy) is 1. The molecule has 114 valence electrons. The van der Waals surface area contributed by atoms with Gasteiger partial charge in [0.05, 0.1) is 17.2 Å². The third kappa shape index (κ3) is 3.80. The lowest BCUT2D eigenvalue weighted by Gasteiger charge is -2.22. The quantitative estimate of drug-likeness (QED) is 0.720. The van der Waals surface area contributed by atoms with Crippen LogP contribution in [0.3, 0.4) is 0 Å². The lowest BCUT2D eigenvalue weighted by Crippen LogP contribution is -2.26. The van der Waals surface area contributed by atoms with Crippen molar-refractivity contribution in [3.05, 3.63) is 4.88 Å². The maximum absolute atomic E-state index is 12.0. The van der Waals surface area contributed by atoms with Crippen molar-refractivity contribution in [3.63, 3.8) is 0 Å². The average molecular weight is 317 g/mol. The van der Waals surface area contributed by atoms with E-state index in [0.717, 1.165) is 23.0 Å². The van der Waals surface area contributed by atoms with Crippen LogP contribution in [0.4, 0.5) is 10.7 Å². The molecule has 0 saturated heterocycles. The normalized spacial score (nSPS) is 10.6. The Bertz CT molecular complexity index is 449. The van der Waals surface area contributed by atoms with Crippen molar-refractivity contribution in [3.8, 4) is 0 Å². The summed E-state index contributed by atoms with van der Waals surface area (Å²) < 4.78 is 5.14.